The van der Waals surface area contributed by atoms with Gasteiger partial charge in [-0.15, -0.1) is 0 Å². The molecule has 1 aromatic carbocycles. The topological polar surface area (TPSA) is 43.4 Å². The van der Waals surface area contributed by atoms with Crippen LogP contribution in [0.4, 0.5) is 0 Å². The van der Waals surface area contributed by atoms with Gasteiger partial charge < -0.3 is 4.74 Å². The van der Waals surface area contributed by atoms with Crippen molar-refractivity contribution in [1.29, 1.82) is 0 Å². The van der Waals surface area contributed by atoms with Crippen LogP contribution in [0.2, 0.25) is 0 Å². The van der Waals surface area contributed by atoms with Crippen LogP contribution >= 0.6 is 0 Å². The highest BCUT2D eigenvalue weighted by atomic mass is 16.5. The molecule has 1 rings (SSSR count). The Labute approximate surface area is 115 Å². The molecule has 3 nitrogen and oxygen atoms in total. The summed E-state index contributed by atoms with van der Waals surface area (Å²) in [4.78, 5) is 22.9. The maximum atomic E-state index is 11.7. The Morgan fingerprint density at radius 3 is 2.26 bits per heavy atom. The highest BCUT2D eigenvalue weighted by molar-refractivity contribution is 5.83. The molecule has 19 heavy (non-hydrogen) atoms. The predicted molar refractivity (Wildman–Crippen MR) is 75.1 cm³/mol. The molecule has 0 fully saturated rings. The van der Waals surface area contributed by atoms with E-state index in [-0.39, 0.29) is 24.6 Å². The van der Waals surface area contributed by atoms with Gasteiger partial charge in [-0.25, -0.2) is 0 Å². The van der Waals surface area contributed by atoms with E-state index in [0.717, 1.165) is 6.42 Å². The SMILES string of the molecule is CCOC(=O)CCC(=O)CCc1c(C)cccc1C. The first-order valence-corrected chi connectivity index (χ1v) is 6.77. The van der Waals surface area contributed by atoms with Crippen LogP contribution in [0.3, 0.4) is 0 Å². The van der Waals surface area contributed by atoms with Gasteiger partial charge in [0, 0.05) is 12.8 Å². The van der Waals surface area contributed by atoms with Crippen molar-refractivity contribution in [3.8, 4) is 0 Å². The zero-order chi connectivity index (χ0) is 14.3. The average molecular weight is 262 g/mol. The van der Waals surface area contributed by atoms with Crippen LogP contribution in [0.15, 0.2) is 18.2 Å². The summed E-state index contributed by atoms with van der Waals surface area (Å²) in [7, 11) is 0. The third kappa shape index (κ3) is 5.25. The number of carbonyl (C=O) groups is 2. The Morgan fingerprint density at radius 1 is 1.05 bits per heavy atom. The van der Waals surface area contributed by atoms with Crippen molar-refractivity contribution < 1.29 is 14.3 Å². The fourth-order valence-electron chi connectivity index (χ4n) is 2.11. The van der Waals surface area contributed by atoms with Gasteiger partial charge >= 0.3 is 5.97 Å². The van der Waals surface area contributed by atoms with E-state index in [4.69, 9.17) is 4.74 Å². The van der Waals surface area contributed by atoms with Gasteiger partial charge in [0.2, 0.25) is 0 Å². The molecule has 3 heteroatoms. The lowest BCUT2D eigenvalue weighted by Crippen LogP contribution is -2.08. The van der Waals surface area contributed by atoms with Crippen molar-refractivity contribution in [2.75, 3.05) is 6.61 Å². The first-order valence-electron chi connectivity index (χ1n) is 6.77. The Morgan fingerprint density at radius 2 is 1.68 bits per heavy atom. The predicted octanol–water partition coefficient (Wildman–Crippen LogP) is 3.15. The first-order chi connectivity index (χ1) is 9.04. The van der Waals surface area contributed by atoms with Crippen molar-refractivity contribution >= 4 is 11.8 Å². The molecule has 0 spiro atoms. The summed E-state index contributed by atoms with van der Waals surface area (Å²) in [6.45, 7) is 6.26. The monoisotopic (exact) mass is 262 g/mol. The molecule has 0 amide bonds. The number of hydrogen-bond acceptors (Lipinski definition) is 3. The van der Waals surface area contributed by atoms with Crippen LogP contribution in [0, 0.1) is 13.8 Å². The van der Waals surface area contributed by atoms with Gasteiger partial charge in [-0.05, 0) is 43.9 Å². The summed E-state index contributed by atoms with van der Waals surface area (Å²) in [5.41, 5.74) is 3.68. The Kier molecular flexibility index (Phi) is 6.26. The van der Waals surface area contributed by atoms with Gasteiger partial charge in [0.05, 0.1) is 13.0 Å². The minimum Gasteiger partial charge on any atom is -0.466 e. The Bertz CT molecular complexity index is 429. The summed E-state index contributed by atoms with van der Waals surface area (Å²) in [5, 5.41) is 0. The minimum absolute atomic E-state index is 0.121. The quantitative estimate of drug-likeness (QED) is 0.709. The number of esters is 1. The standard InChI is InChI=1S/C16H22O3/c1-4-19-16(18)11-9-14(17)8-10-15-12(2)6-5-7-13(15)3/h5-7H,4,8-11H2,1-3H3. The molecule has 1 aromatic rings. The van der Waals surface area contributed by atoms with Crippen molar-refractivity contribution in [2.45, 2.75) is 46.5 Å². The molecule has 0 aliphatic heterocycles. The summed E-state index contributed by atoms with van der Waals surface area (Å²) >= 11 is 0. The van der Waals surface area contributed by atoms with Crippen LogP contribution in [0.5, 0.6) is 0 Å². The first kappa shape index (κ1) is 15.4. The van der Waals surface area contributed by atoms with Crippen LogP contribution in [0.25, 0.3) is 0 Å². The molecular weight excluding hydrogens is 240 g/mol. The highest BCUT2D eigenvalue weighted by Gasteiger charge is 2.09. The number of hydrogen-bond donors (Lipinski definition) is 0. The fourth-order valence-corrected chi connectivity index (χ4v) is 2.11. The van der Waals surface area contributed by atoms with E-state index in [1.165, 1.54) is 16.7 Å². The van der Waals surface area contributed by atoms with Crippen LogP contribution < -0.4 is 0 Å². The normalized spacial score (nSPS) is 10.3. The van der Waals surface area contributed by atoms with Crippen LogP contribution in [-0.4, -0.2) is 18.4 Å². The summed E-state index contributed by atoms with van der Waals surface area (Å²) in [5.74, 6) is -0.168. The molecule has 0 aliphatic carbocycles. The van der Waals surface area contributed by atoms with E-state index in [2.05, 4.69) is 26.0 Å². The zero-order valence-electron chi connectivity index (χ0n) is 12.0. The minimum atomic E-state index is -0.289. The van der Waals surface area contributed by atoms with E-state index in [0.29, 0.717) is 13.0 Å². The van der Waals surface area contributed by atoms with Crippen LogP contribution in [-0.2, 0) is 20.7 Å². The molecule has 0 atom stereocenters. The van der Waals surface area contributed by atoms with Gasteiger partial charge in [0.1, 0.15) is 5.78 Å². The maximum absolute atomic E-state index is 11.7. The summed E-state index contributed by atoms with van der Waals surface area (Å²) in [6.07, 6.45) is 1.72. The van der Waals surface area contributed by atoms with E-state index >= 15 is 0 Å². The van der Waals surface area contributed by atoms with E-state index in [1.807, 2.05) is 6.07 Å². The third-order valence-electron chi connectivity index (χ3n) is 3.21. The van der Waals surface area contributed by atoms with Gasteiger partial charge in [0.25, 0.3) is 0 Å². The number of carbonyl (C=O) groups excluding carboxylic acids is 2. The van der Waals surface area contributed by atoms with Crippen molar-refractivity contribution in [3.63, 3.8) is 0 Å². The largest absolute Gasteiger partial charge is 0.466 e. The lowest BCUT2D eigenvalue weighted by molar-refractivity contribution is -0.144. The van der Waals surface area contributed by atoms with Crippen molar-refractivity contribution in [2.24, 2.45) is 0 Å². The molecule has 0 saturated heterocycles. The molecule has 0 unspecified atom stereocenters. The van der Waals surface area contributed by atoms with E-state index < -0.39 is 0 Å². The smallest absolute Gasteiger partial charge is 0.306 e. The molecule has 0 aliphatic rings. The molecule has 104 valence electrons. The summed E-state index contributed by atoms with van der Waals surface area (Å²) in [6, 6.07) is 6.15. The molecule has 0 heterocycles. The number of ether oxygens (including phenoxy) is 1. The van der Waals surface area contributed by atoms with E-state index in [1.54, 1.807) is 6.92 Å². The summed E-state index contributed by atoms with van der Waals surface area (Å²) < 4.78 is 4.80. The second-order valence-electron chi connectivity index (χ2n) is 4.71. The van der Waals surface area contributed by atoms with E-state index in [9.17, 15) is 9.59 Å². The lowest BCUT2D eigenvalue weighted by Gasteiger charge is -2.09. The number of benzene rings is 1. The molecule has 0 radical (unpaired) electrons. The molecule has 0 bridgehead atoms. The van der Waals surface area contributed by atoms with Crippen molar-refractivity contribution in [1.82, 2.24) is 0 Å². The second kappa shape index (κ2) is 7.72. The van der Waals surface area contributed by atoms with Gasteiger partial charge in [0.15, 0.2) is 0 Å². The second-order valence-corrected chi connectivity index (χ2v) is 4.71. The number of aryl methyl sites for hydroxylation is 2. The maximum Gasteiger partial charge on any atom is 0.306 e. The average Bonchev–Trinajstić information content (AvgIpc) is 2.36. The lowest BCUT2D eigenvalue weighted by atomic mass is 9.97. The Hall–Kier alpha value is -1.64. The van der Waals surface area contributed by atoms with Gasteiger partial charge in [-0.3, -0.25) is 9.59 Å². The number of rotatable bonds is 7. The molecule has 0 N–H and O–H groups in total. The fraction of sp³-hybridized carbons (Fsp3) is 0.500. The third-order valence-corrected chi connectivity index (χ3v) is 3.21. The van der Waals surface area contributed by atoms with Crippen molar-refractivity contribution in [3.05, 3.63) is 34.9 Å². The Balaban J connectivity index is 2.40. The zero-order valence-corrected chi connectivity index (χ0v) is 12.0. The van der Waals surface area contributed by atoms with Gasteiger partial charge in [-0.1, -0.05) is 18.2 Å². The van der Waals surface area contributed by atoms with Gasteiger partial charge in [-0.2, -0.15) is 0 Å². The molecule has 0 aromatic heterocycles. The number of Topliss-reactive ketones (excluding diaryl/α,β-unsaturated/α-hetero) is 1. The number of ketones is 1. The highest BCUT2D eigenvalue weighted by Crippen LogP contribution is 2.16. The van der Waals surface area contributed by atoms with Crippen LogP contribution in [0.1, 0.15) is 42.9 Å². The molecular formula is C16H22O3. The molecule has 0 saturated carbocycles.